The summed E-state index contributed by atoms with van der Waals surface area (Å²) in [6, 6.07) is 0. The molecule has 0 unspecified atom stereocenters. The third-order valence-electron chi connectivity index (χ3n) is 2.48. The van der Waals surface area contributed by atoms with Crippen molar-refractivity contribution in [2.75, 3.05) is 46.9 Å². The Morgan fingerprint density at radius 2 is 2.07 bits per heavy atom. The van der Waals surface area contributed by atoms with E-state index in [0.29, 0.717) is 0 Å². The highest BCUT2D eigenvalue weighted by atomic mass is 16.3. The summed E-state index contributed by atoms with van der Waals surface area (Å²) in [5, 5.41) is 12.4. The molecule has 0 spiro atoms. The maximum atomic E-state index is 9.05. The molecule has 14 heavy (non-hydrogen) atoms. The number of nitrogens with zero attached hydrogens (tertiary/aromatic N) is 2. The molecule has 0 radical (unpaired) electrons. The van der Waals surface area contributed by atoms with Gasteiger partial charge in [0.15, 0.2) is 0 Å². The third-order valence-corrected chi connectivity index (χ3v) is 2.48. The van der Waals surface area contributed by atoms with Gasteiger partial charge in [-0.1, -0.05) is 0 Å². The van der Waals surface area contributed by atoms with Crippen molar-refractivity contribution in [3.8, 4) is 0 Å². The molecule has 0 bridgehead atoms. The summed E-state index contributed by atoms with van der Waals surface area (Å²) in [5.74, 6) is 0. The molecule has 4 nitrogen and oxygen atoms in total. The van der Waals surface area contributed by atoms with Gasteiger partial charge >= 0.3 is 0 Å². The van der Waals surface area contributed by atoms with Crippen LogP contribution in [-0.4, -0.2) is 68.0 Å². The molecule has 0 aliphatic carbocycles. The van der Waals surface area contributed by atoms with Gasteiger partial charge in [-0.3, -0.25) is 4.90 Å². The van der Waals surface area contributed by atoms with Crippen molar-refractivity contribution in [3.05, 3.63) is 0 Å². The summed E-state index contributed by atoms with van der Waals surface area (Å²) >= 11 is 0. The van der Waals surface area contributed by atoms with Gasteiger partial charge in [-0.2, -0.15) is 0 Å². The molecule has 84 valence electrons. The minimum Gasteiger partial charge on any atom is -0.390 e. The van der Waals surface area contributed by atoms with E-state index in [1.54, 1.807) is 0 Å². The average Bonchev–Trinajstić information content (AvgIpc) is 2.07. The first-order valence-corrected chi connectivity index (χ1v) is 5.44. The lowest BCUT2D eigenvalue weighted by Crippen LogP contribution is -2.53. The number of hydrogen-bond donors (Lipinski definition) is 2. The van der Waals surface area contributed by atoms with Crippen molar-refractivity contribution >= 4 is 0 Å². The predicted octanol–water partition coefficient (Wildman–Crippen LogP) is -0.448. The fourth-order valence-electron chi connectivity index (χ4n) is 1.59. The Hall–Kier alpha value is -0.160. The molecule has 1 fully saturated rings. The van der Waals surface area contributed by atoms with Crippen LogP contribution < -0.4 is 5.32 Å². The SMILES string of the molecule is CN(C)CCCCNCN1CC(O)C1. The maximum Gasteiger partial charge on any atom is 0.0794 e. The molecular formula is C10H23N3O. The predicted molar refractivity (Wildman–Crippen MR) is 58.2 cm³/mol. The van der Waals surface area contributed by atoms with E-state index < -0.39 is 0 Å². The number of likely N-dealkylation sites (tertiary alicyclic amines) is 1. The largest absolute Gasteiger partial charge is 0.390 e. The van der Waals surface area contributed by atoms with E-state index in [4.69, 9.17) is 5.11 Å². The summed E-state index contributed by atoms with van der Waals surface area (Å²) in [4.78, 5) is 4.43. The van der Waals surface area contributed by atoms with Crippen LogP contribution in [0.4, 0.5) is 0 Å². The quantitative estimate of drug-likeness (QED) is 0.547. The minimum absolute atomic E-state index is 0.0782. The molecule has 0 aromatic heterocycles. The maximum absolute atomic E-state index is 9.05. The van der Waals surface area contributed by atoms with E-state index in [2.05, 4.69) is 29.2 Å². The number of β-amino-alcohol motifs (C(OH)–C–C–N with tert-alkyl or cyclic N) is 1. The van der Waals surface area contributed by atoms with Crippen molar-refractivity contribution in [1.29, 1.82) is 0 Å². The number of aliphatic hydroxyl groups is 1. The fourth-order valence-corrected chi connectivity index (χ4v) is 1.59. The summed E-state index contributed by atoms with van der Waals surface area (Å²) in [6.45, 7) is 4.86. The highest BCUT2D eigenvalue weighted by Crippen LogP contribution is 2.04. The van der Waals surface area contributed by atoms with Gasteiger partial charge in [0.25, 0.3) is 0 Å². The number of rotatable bonds is 7. The zero-order valence-electron chi connectivity index (χ0n) is 9.37. The van der Waals surface area contributed by atoms with Gasteiger partial charge in [-0.15, -0.1) is 0 Å². The molecule has 0 saturated carbocycles. The Balaban J connectivity index is 1.76. The molecule has 2 N–H and O–H groups in total. The van der Waals surface area contributed by atoms with Gasteiger partial charge < -0.3 is 15.3 Å². The average molecular weight is 201 g/mol. The summed E-state index contributed by atoms with van der Waals surface area (Å²) in [7, 11) is 4.21. The van der Waals surface area contributed by atoms with E-state index >= 15 is 0 Å². The second-order valence-corrected chi connectivity index (χ2v) is 4.36. The lowest BCUT2D eigenvalue weighted by atomic mass is 10.2. The molecule has 1 rings (SSSR count). The number of aliphatic hydroxyl groups excluding tert-OH is 1. The monoisotopic (exact) mass is 201 g/mol. The van der Waals surface area contributed by atoms with Crippen LogP contribution in [0, 0.1) is 0 Å². The van der Waals surface area contributed by atoms with Crippen molar-refractivity contribution < 1.29 is 5.11 Å². The standard InChI is InChI=1S/C10H23N3O/c1-12(2)6-4-3-5-11-9-13-7-10(14)8-13/h10-11,14H,3-9H2,1-2H3. The topological polar surface area (TPSA) is 38.7 Å². The number of unbranched alkanes of at least 4 members (excludes halogenated alkanes) is 1. The van der Waals surface area contributed by atoms with Crippen molar-refractivity contribution in [2.24, 2.45) is 0 Å². The van der Waals surface area contributed by atoms with Gasteiger partial charge in [-0.05, 0) is 40.0 Å². The van der Waals surface area contributed by atoms with E-state index in [9.17, 15) is 0 Å². The molecule has 0 amide bonds. The Kier molecular flexibility index (Phi) is 5.40. The van der Waals surface area contributed by atoms with Crippen LogP contribution >= 0.6 is 0 Å². The van der Waals surface area contributed by atoms with Gasteiger partial charge in [0.2, 0.25) is 0 Å². The molecule has 1 saturated heterocycles. The lowest BCUT2D eigenvalue weighted by molar-refractivity contribution is -0.00229. The zero-order valence-corrected chi connectivity index (χ0v) is 9.37. The second kappa shape index (κ2) is 6.35. The lowest BCUT2D eigenvalue weighted by Gasteiger charge is -2.35. The van der Waals surface area contributed by atoms with Crippen LogP contribution in [0.2, 0.25) is 0 Å². The number of hydrogen-bond acceptors (Lipinski definition) is 4. The summed E-state index contributed by atoms with van der Waals surface area (Å²) in [5.41, 5.74) is 0. The Morgan fingerprint density at radius 1 is 1.36 bits per heavy atom. The first-order valence-electron chi connectivity index (χ1n) is 5.44. The van der Waals surface area contributed by atoms with E-state index in [1.807, 2.05) is 0 Å². The molecule has 4 heteroatoms. The van der Waals surface area contributed by atoms with Crippen LogP contribution in [0.3, 0.4) is 0 Å². The Morgan fingerprint density at radius 3 is 2.64 bits per heavy atom. The molecule has 0 atom stereocenters. The Labute approximate surface area is 86.9 Å². The van der Waals surface area contributed by atoms with Gasteiger partial charge in [-0.25, -0.2) is 0 Å². The molecule has 1 heterocycles. The van der Waals surface area contributed by atoms with Crippen LogP contribution in [-0.2, 0) is 0 Å². The van der Waals surface area contributed by atoms with Crippen molar-refractivity contribution in [2.45, 2.75) is 18.9 Å². The summed E-state index contributed by atoms with van der Waals surface area (Å²) in [6.07, 6.45) is 2.41. The first kappa shape index (κ1) is 11.9. The smallest absolute Gasteiger partial charge is 0.0794 e. The van der Waals surface area contributed by atoms with Crippen LogP contribution in [0.25, 0.3) is 0 Å². The second-order valence-electron chi connectivity index (χ2n) is 4.36. The molecule has 1 aliphatic rings. The van der Waals surface area contributed by atoms with Gasteiger partial charge in [0.05, 0.1) is 6.10 Å². The van der Waals surface area contributed by atoms with Gasteiger partial charge in [0, 0.05) is 19.8 Å². The van der Waals surface area contributed by atoms with Crippen molar-refractivity contribution in [1.82, 2.24) is 15.1 Å². The van der Waals surface area contributed by atoms with Gasteiger partial charge in [0.1, 0.15) is 0 Å². The van der Waals surface area contributed by atoms with E-state index in [-0.39, 0.29) is 6.10 Å². The third kappa shape index (κ3) is 4.91. The van der Waals surface area contributed by atoms with Crippen LogP contribution in [0.15, 0.2) is 0 Å². The zero-order chi connectivity index (χ0) is 10.4. The van der Waals surface area contributed by atoms with Crippen molar-refractivity contribution in [3.63, 3.8) is 0 Å². The minimum atomic E-state index is -0.0782. The fraction of sp³-hybridized carbons (Fsp3) is 1.00. The highest BCUT2D eigenvalue weighted by Gasteiger charge is 2.22. The van der Waals surface area contributed by atoms with Crippen LogP contribution in [0.1, 0.15) is 12.8 Å². The normalized spacial score (nSPS) is 18.9. The molecule has 1 aliphatic heterocycles. The molecular weight excluding hydrogens is 178 g/mol. The first-order chi connectivity index (χ1) is 6.68. The number of nitrogens with one attached hydrogen (secondary N) is 1. The highest BCUT2D eigenvalue weighted by molar-refractivity contribution is 4.77. The van der Waals surface area contributed by atoms with E-state index in [0.717, 1.165) is 26.3 Å². The van der Waals surface area contributed by atoms with Crippen LogP contribution in [0.5, 0.6) is 0 Å². The van der Waals surface area contributed by atoms with E-state index in [1.165, 1.54) is 19.4 Å². The molecule has 0 aromatic carbocycles. The summed E-state index contributed by atoms with van der Waals surface area (Å²) < 4.78 is 0. The molecule has 0 aromatic rings. The Bertz CT molecular complexity index is 146.